The highest BCUT2D eigenvalue weighted by molar-refractivity contribution is 6.31. The zero-order valence-corrected chi connectivity index (χ0v) is 12.6. The number of hydrogen-bond acceptors (Lipinski definition) is 3. The molecule has 5 heteroatoms. The summed E-state index contributed by atoms with van der Waals surface area (Å²) in [6.45, 7) is 0. The first kappa shape index (κ1) is 13.4. The number of benzene rings is 1. The molecule has 21 heavy (non-hydrogen) atoms. The van der Waals surface area contributed by atoms with Gasteiger partial charge in [-0.1, -0.05) is 11.6 Å². The monoisotopic (exact) mass is 306 g/mol. The highest BCUT2D eigenvalue weighted by atomic mass is 35.5. The first-order valence-electron chi connectivity index (χ1n) is 7.80. The van der Waals surface area contributed by atoms with Crippen LogP contribution in [-0.4, -0.2) is 11.0 Å². The molecule has 4 bridgehead atoms. The Morgan fingerprint density at radius 3 is 2.29 bits per heavy atom. The lowest BCUT2D eigenvalue weighted by molar-refractivity contribution is -0.384. The van der Waals surface area contributed by atoms with Gasteiger partial charge in [0.1, 0.15) is 5.69 Å². The van der Waals surface area contributed by atoms with E-state index in [9.17, 15) is 10.1 Å². The molecule has 4 aliphatic rings. The van der Waals surface area contributed by atoms with Gasteiger partial charge in [-0.2, -0.15) is 0 Å². The summed E-state index contributed by atoms with van der Waals surface area (Å²) in [4.78, 5) is 10.9. The van der Waals surface area contributed by atoms with Gasteiger partial charge in [-0.3, -0.25) is 10.1 Å². The smallest absolute Gasteiger partial charge is 0.292 e. The van der Waals surface area contributed by atoms with Crippen molar-refractivity contribution in [3.05, 3.63) is 33.3 Å². The van der Waals surface area contributed by atoms with E-state index in [2.05, 4.69) is 5.32 Å². The van der Waals surface area contributed by atoms with Crippen molar-refractivity contribution in [1.82, 2.24) is 0 Å². The average molecular weight is 307 g/mol. The Balaban J connectivity index is 1.61. The number of rotatable bonds is 3. The second-order valence-corrected chi connectivity index (χ2v) is 7.46. The Hall–Kier alpha value is -1.29. The Bertz CT molecular complexity index is 562. The molecule has 4 saturated carbocycles. The van der Waals surface area contributed by atoms with Crippen LogP contribution in [0.3, 0.4) is 0 Å². The number of nitro benzene ring substituents is 1. The third-order valence-corrected chi connectivity index (χ3v) is 5.94. The van der Waals surface area contributed by atoms with Crippen LogP contribution >= 0.6 is 11.6 Å². The molecule has 4 aliphatic carbocycles. The molecule has 0 spiro atoms. The van der Waals surface area contributed by atoms with Gasteiger partial charge in [-0.05, 0) is 67.9 Å². The molecule has 1 aromatic carbocycles. The minimum atomic E-state index is -0.325. The fourth-order valence-electron chi connectivity index (χ4n) is 5.12. The van der Waals surface area contributed by atoms with Crippen LogP contribution in [0.1, 0.15) is 32.1 Å². The Kier molecular flexibility index (Phi) is 3.10. The van der Waals surface area contributed by atoms with Crippen molar-refractivity contribution in [2.24, 2.45) is 23.7 Å². The Morgan fingerprint density at radius 1 is 1.10 bits per heavy atom. The first-order chi connectivity index (χ1) is 10.1. The third kappa shape index (κ3) is 2.30. The first-order valence-corrected chi connectivity index (χ1v) is 8.18. The molecular formula is C16H19ClN2O2. The molecule has 5 rings (SSSR count). The summed E-state index contributed by atoms with van der Waals surface area (Å²) in [5.74, 6) is 3.17. The van der Waals surface area contributed by atoms with Gasteiger partial charge in [-0.25, -0.2) is 0 Å². The van der Waals surface area contributed by atoms with Crippen LogP contribution in [0.5, 0.6) is 0 Å². The summed E-state index contributed by atoms with van der Waals surface area (Å²) in [5.41, 5.74) is 0.721. The van der Waals surface area contributed by atoms with Gasteiger partial charge < -0.3 is 5.32 Å². The van der Waals surface area contributed by atoms with E-state index >= 15 is 0 Å². The zero-order valence-electron chi connectivity index (χ0n) is 11.8. The van der Waals surface area contributed by atoms with Crippen LogP contribution in [0, 0.1) is 33.8 Å². The second kappa shape index (κ2) is 4.87. The molecule has 0 aromatic heterocycles. The van der Waals surface area contributed by atoms with Crippen molar-refractivity contribution in [3.8, 4) is 0 Å². The standard InChI is InChI=1S/C16H19ClN2O2/c17-13-1-2-15(19(20)21)14(8-13)18-16-11-4-9-3-10(6-11)7-12(16)5-9/h1-2,8-12,16,18H,3-7H2. The van der Waals surface area contributed by atoms with Crippen molar-refractivity contribution in [2.45, 2.75) is 38.1 Å². The van der Waals surface area contributed by atoms with Crippen molar-refractivity contribution < 1.29 is 4.92 Å². The lowest BCUT2D eigenvalue weighted by atomic mass is 9.54. The van der Waals surface area contributed by atoms with Crippen LogP contribution in [0.4, 0.5) is 11.4 Å². The number of nitrogens with one attached hydrogen (secondary N) is 1. The van der Waals surface area contributed by atoms with Crippen molar-refractivity contribution in [1.29, 1.82) is 0 Å². The highest BCUT2D eigenvalue weighted by Crippen LogP contribution is 2.54. The molecule has 0 heterocycles. The van der Waals surface area contributed by atoms with E-state index < -0.39 is 0 Å². The summed E-state index contributed by atoms with van der Waals surface area (Å²) in [7, 11) is 0. The lowest BCUT2D eigenvalue weighted by Gasteiger charge is -2.54. The number of hydrogen-bond donors (Lipinski definition) is 1. The molecule has 112 valence electrons. The predicted octanol–water partition coefficient (Wildman–Crippen LogP) is 4.48. The van der Waals surface area contributed by atoms with Gasteiger partial charge in [-0.15, -0.1) is 0 Å². The van der Waals surface area contributed by atoms with E-state index in [1.165, 1.54) is 38.2 Å². The number of anilines is 1. The summed E-state index contributed by atoms with van der Waals surface area (Å²) in [5, 5.41) is 15.2. The summed E-state index contributed by atoms with van der Waals surface area (Å²) < 4.78 is 0. The van der Waals surface area contributed by atoms with Crippen LogP contribution in [0.15, 0.2) is 18.2 Å². The molecule has 1 aromatic rings. The van der Waals surface area contributed by atoms with Crippen LogP contribution in [-0.2, 0) is 0 Å². The molecule has 0 radical (unpaired) electrons. The maximum Gasteiger partial charge on any atom is 0.292 e. The van der Waals surface area contributed by atoms with E-state index in [1.54, 1.807) is 12.1 Å². The molecule has 4 nitrogen and oxygen atoms in total. The van der Waals surface area contributed by atoms with Crippen LogP contribution < -0.4 is 5.32 Å². The quantitative estimate of drug-likeness (QED) is 0.661. The average Bonchev–Trinajstić information content (AvgIpc) is 2.41. The minimum Gasteiger partial charge on any atom is -0.376 e. The highest BCUT2D eigenvalue weighted by Gasteiger charge is 2.48. The van der Waals surface area contributed by atoms with E-state index in [4.69, 9.17) is 11.6 Å². The van der Waals surface area contributed by atoms with Crippen molar-refractivity contribution >= 4 is 23.0 Å². The molecular weight excluding hydrogens is 288 g/mol. The van der Waals surface area contributed by atoms with E-state index in [1.807, 2.05) is 0 Å². The molecule has 4 fully saturated rings. The topological polar surface area (TPSA) is 55.2 Å². The lowest BCUT2D eigenvalue weighted by Crippen LogP contribution is -2.51. The molecule has 0 amide bonds. The maximum absolute atomic E-state index is 11.2. The van der Waals surface area contributed by atoms with Crippen molar-refractivity contribution in [3.63, 3.8) is 0 Å². The van der Waals surface area contributed by atoms with Gasteiger partial charge in [0.15, 0.2) is 0 Å². The number of halogens is 1. The number of nitrogens with zero attached hydrogens (tertiary/aromatic N) is 1. The van der Waals surface area contributed by atoms with Gasteiger partial charge >= 0.3 is 0 Å². The summed E-state index contributed by atoms with van der Waals surface area (Å²) in [6, 6.07) is 5.17. The number of nitro groups is 1. The molecule has 0 atom stereocenters. The predicted molar refractivity (Wildman–Crippen MR) is 82.6 cm³/mol. The summed E-state index contributed by atoms with van der Waals surface area (Å²) >= 11 is 6.03. The van der Waals surface area contributed by atoms with E-state index in [0.29, 0.717) is 28.6 Å². The fraction of sp³-hybridized carbons (Fsp3) is 0.625. The zero-order chi connectivity index (χ0) is 14.6. The van der Waals surface area contributed by atoms with Gasteiger partial charge in [0.05, 0.1) is 4.92 Å². The molecule has 0 saturated heterocycles. The normalized spacial score (nSPS) is 36.7. The Labute approximate surface area is 129 Å². The third-order valence-electron chi connectivity index (χ3n) is 5.70. The van der Waals surface area contributed by atoms with Crippen LogP contribution in [0.2, 0.25) is 5.02 Å². The van der Waals surface area contributed by atoms with E-state index in [-0.39, 0.29) is 10.6 Å². The molecule has 0 aliphatic heterocycles. The van der Waals surface area contributed by atoms with Crippen LogP contribution in [0.25, 0.3) is 0 Å². The van der Waals surface area contributed by atoms with Gasteiger partial charge in [0.2, 0.25) is 0 Å². The van der Waals surface area contributed by atoms with Gasteiger partial charge in [0, 0.05) is 17.1 Å². The minimum absolute atomic E-state index is 0.133. The maximum atomic E-state index is 11.2. The Morgan fingerprint density at radius 2 is 1.71 bits per heavy atom. The largest absolute Gasteiger partial charge is 0.376 e. The fourth-order valence-corrected chi connectivity index (χ4v) is 5.30. The molecule has 0 unspecified atom stereocenters. The summed E-state index contributed by atoms with van der Waals surface area (Å²) in [6.07, 6.45) is 6.58. The van der Waals surface area contributed by atoms with E-state index in [0.717, 1.165) is 11.8 Å². The van der Waals surface area contributed by atoms with Gasteiger partial charge in [0.25, 0.3) is 5.69 Å². The molecule has 1 N–H and O–H groups in total. The SMILES string of the molecule is O=[N+]([O-])c1ccc(Cl)cc1NC1C2CC3CC(C2)CC1C3. The van der Waals surface area contributed by atoms with Crippen molar-refractivity contribution in [2.75, 3.05) is 5.32 Å². The second-order valence-electron chi connectivity index (χ2n) is 7.02.